The van der Waals surface area contributed by atoms with Crippen molar-refractivity contribution in [3.63, 3.8) is 0 Å². The molecule has 0 unspecified atom stereocenters. The largest absolute Gasteiger partial charge is 0.0808 e. The first-order valence-electron chi connectivity index (χ1n) is 9.40. The molecule has 118 valence electrons. The molecular weight excluding hydrogens is 240 g/mol. The predicted octanol–water partition coefficient (Wildman–Crippen LogP) is 7.29. The van der Waals surface area contributed by atoms with Crippen LogP contribution >= 0.6 is 0 Å². The summed E-state index contributed by atoms with van der Waals surface area (Å²) < 4.78 is 0. The maximum Gasteiger partial charge on any atom is -0.00271 e. The van der Waals surface area contributed by atoms with E-state index in [0.717, 1.165) is 0 Å². The van der Waals surface area contributed by atoms with Crippen molar-refractivity contribution in [3.05, 3.63) is 12.2 Å². The molecule has 1 aliphatic rings. The summed E-state index contributed by atoms with van der Waals surface area (Å²) in [5, 5.41) is 0. The standard InChI is InChI=1S/C20H38/c1-5-9-13-19(14-10-6-2)17-18-20(19,15-11-7-3)16-12-8-4/h17-18H,5-16H2,1-4H3. The Labute approximate surface area is 128 Å². The first kappa shape index (κ1) is 17.8. The maximum atomic E-state index is 2.61. The summed E-state index contributed by atoms with van der Waals surface area (Å²) in [5.41, 5.74) is 1.12. The van der Waals surface area contributed by atoms with Crippen LogP contribution in [0.3, 0.4) is 0 Å². The molecule has 0 fully saturated rings. The molecule has 0 aromatic rings. The van der Waals surface area contributed by atoms with E-state index in [1.807, 2.05) is 0 Å². The molecule has 1 aliphatic carbocycles. The highest BCUT2D eigenvalue weighted by Gasteiger charge is 2.51. The monoisotopic (exact) mass is 278 g/mol. The van der Waals surface area contributed by atoms with E-state index < -0.39 is 0 Å². The number of hydrogen-bond donors (Lipinski definition) is 0. The molecule has 0 aromatic carbocycles. The molecule has 0 radical (unpaired) electrons. The lowest BCUT2D eigenvalue weighted by Crippen LogP contribution is -2.46. The SMILES string of the molecule is CCCCC1(CCCC)C=CC1(CCCC)CCCC. The Bertz CT molecular complexity index is 230. The fourth-order valence-electron chi connectivity index (χ4n) is 4.10. The molecule has 0 nitrogen and oxygen atoms in total. The first-order chi connectivity index (χ1) is 9.70. The van der Waals surface area contributed by atoms with Crippen LogP contribution in [-0.2, 0) is 0 Å². The van der Waals surface area contributed by atoms with E-state index in [1.54, 1.807) is 0 Å². The Kier molecular flexibility index (Phi) is 7.92. The summed E-state index contributed by atoms with van der Waals surface area (Å²) >= 11 is 0. The molecule has 0 heteroatoms. The molecule has 0 heterocycles. The van der Waals surface area contributed by atoms with Crippen LogP contribution in [0.2, 0.25) is 0 Å². The van der Waals surface area contributed by atoms with Gasteiger partial charge in [-0.05, 0) is 36.5 Å². The zero-order chi connectivity index (χ0) is 14.9. The summed E-state index contributed by atoms with van der Waals surface area (Å²) in [6, 6.07) is 0. The van der Waals surface area contributed by atoms with Crippen molar-refractivity contribution < 1.29 is 0 Å². The van der Waals surface area contributed by atoms with E-state index in [1.165, 1.54) is 77.0 Å². The van der Waals surface area contributed by atoms with E-state index in [4.69, 9.17) is 0 Å². The van der Waals surface area contributed by atoms with Gasteiger partial charge in [0.1, 0.15) is 0 Å². The lowest BCUT2D eigenvalue weighted by molar-refractivity contribution is 0.0467. The summed E-state index contributed by atoms with van der Waals surface area (Å²) in [4.78, 5) is 0. The minimum absolute atomic E-state index is 0.559. The van der Waals surface area contributed by atoms with Crippen LogP contribution in [-0.4, -0.2) is 0 Å². The predicted molar refractivity (Wildman–Crippen MR) is 92.1 cm³/mol. The second-order valence-corrected chi connectivity index (χ2v) is 7.06. The fourth-order valence-corrected chi connectivity index (χ4v) is 4.10. The van der Waals surface area contributed by atoms with Gasteiger partial charge in [-0.1, -0.05) is 91.2 Å². The van der Waals surface area contributed by atoms with Crippen LogP contribution < -0.4 is 0 Å². The first-order valence-corrected chi connectivity index (χ1v) is 9.40. The topological polar surface area (TPSA) is 0 Å². The van der Waals surface area contributed by atoms with Crippen LogP contribution in [0.4, 0.5) is 0 Å². The van der Waals surface area contributed by atoms with Gasteiger partial charge in [-0.25, -0.2) is 0 Å². The van der Waals surface area contributed by atoms with Crippen LogP contribution in [0.1, 0.15) is 105 Å². The van der Waals surface area contributed by atoms with Gasteiger partial charge in [-0.3, -0.25) is 0 Å². The average Bonchev–Trinajstić information content (AvgIpc) is 2.46. The quantitative estimate of drug-likeness (QED) is 0.329. The highest BCUT2D eigenvalue weighted by atomic mass is 14.5. The lowest BCUT2D eigenvalue weighted by atomic mass is 9.48. The van der Waals surface area contributed by atoms with Gasteiger partial charge in [0.25, 0.3) is 0 Å². The Hall–Kier alpha value is -0.260. The summed E-state index contributed by atoms with van der Waals surface area (Å²) in [7, 11) is 0. The van der Waals surface area contributed by atoms with Gasteiger partial charge in [0.15, 0.2) is 0 Å². The molecule has 0 atom stereocenters. The van der Waals surface area contributed by atoms with Gasteiger partial charge in [0, 0.05) is 0 Å². The van der Waals surface area contributed by atoms with Crippen molar-refractivity contribution in [2.75, 3.05) is 0 Å². The van der Waals surface area contributed by atoms with E-state index in [9.17, 15) is 0 Å². The summed E-state index contributed by atoms with van der Waals surface area (Å²) in [6.07, 6.45) is 22.0. The van der Waals surface area contributed by atoms with Crippen LogP contribution in [0.25, 0.3) is 0 Å². The molecule has 0 spiro atoms. The van der Waals surface area contributed by atoms with Crippen molar-refractivity contribution in [2.45, 2.75) is 105 Å². The third-order valence-corrected chi connectivity index (χ3v) is 5.62. The Morgan fingerprint density at radius 3 is 0.900 bits per heavy atom. The van der Waals surface area contributed by atoms with Gasteiger partial charge in [-0.15, -0.1) is 0 Å². The highest BCUT2D eigenvalue weighted by Crippen LogP contribution is 2.61. The molecule has 0 bridgehead atoms. The van der Waals surface area contributed by atoms with Gasteiger partial charge < -0.3 is 0 Å². The third-order valence-electron chi connectivity index (χ3n) is 5.62. The molecule has 0 aromatic heterocycles. The molecular formula is C20H38. The molecule has 0 saturated carbocycles. The third kappa shape index (κ3) is 3.89. The molecule has 0 N–H and O–H groups in total. The summed E-state index contributed by atoms with van der Waals surface area (Å²) in [5.74, 6) is 0. The van der Waals surface area contributed by atoms with Crippen LogP contribution in [0.15, 0.2) is 12.2 Å². The Morgan fingerprint density at radius 1 is 0.500 bits per heavy atom. The highest BCUT2D eigenvalue weighted by molar-refractivity contribution is 5.26. The zero-order valence-corrected chi connectivity index (χ0v) is 14.6. The van der Waals surface area contributed by atoms with Crippen molar-refractivity contribution in [2.24, 2.45) is 10.8 Å². The molecule has 0 amide bonds. The van der Waals surface area contributed by atoms with Crippen molar-refractivity contribution in [1.29, 1.82) is 0 Å². The van der Waals surface area contributed by atoms with Crippen LogP contribution in [0.5, 0.6) is 0 Å². The Balaban J connectivity index is 2.84. The van der Waals surface area contributed by atoms with Crippen molar-refractivity contribution in [3.8, 4) is 0 Å². The molecule has 0 saturated heterocycles. The second-order valence-electron chi connectivity index (χ2n) is 7.06. The summed E-state index contributed by atoms with van der Waals surface area (Å²) in [6.45, 7) is 9.37. The lowest BCUT2D eigenvalue weighted by Gasteiger charge is -2.56. The van der Waals surface area contributed by atoms with E-state index in [-0.39, 0.29) is 0 Å². The number of hydrogen-bond acceptors (Lipinski definition) is 0. The zero-order valence-electron chi connectivity index (χ0n) is 14.6. The Morgan fingerprint density at radius 2 is 0.750 bits per heavy atom. The molecule has 20 heavy (non-hydrogen) atoms. The van der Waals surface area contributed by atoms with E-state index >= 15 is 0 Å². The smallest absolute Gasteiger partial charge is 0.00271 e. The number of allylic oxidation sites excluding steroid dienone is 2. The normalized spacial score (nSPS) is 19.0. The molecule has 0 aliphatic heterocycles. The van der Waals surface area contributed by atoms with Gasteiger partial charge in [0.05, 0.1) is 0 Å². The van der Waals surface area contributed by atoms with E-state index in [0.29, 0.717) is 10.8 Å². The number of rotatable bonds is 12. The second kappa shape index (κ2) is 8.90. The van der Waals surface area contributed by atoms with Gasteiger partial charge in [-0.2, -0.15) is 0 Å². The van der Waals surface area contributed by atoms with Crippen molar-refractivity contribution >= 4 is 0 Å². The average molecular weight is 279 g/mol. The fraction of sp³-hybridized carbons (Fsp3) is 0.900. The maximum absolute atomic E-state index is 2.61. The minimum atomic E-state index is 0.559. The van der Waals surface area contributed by atoms with Crippen molar-refractivity contribution in [1.82, 2.24) is 0 Å². The van der Waals surface area contributed by atoms with E-state index in [2.05, 4.69) is 39.8 Å². The number of unbranched alkanes of at least 4 members (excludes halogenated alkanes) is 4. The van der Waals surface area contributed by atoms with Gasteiger partial charge >= 0.3 is 0 Å². The molecule has 1 rings (SSSR count). The minimum Gasteiger partial charge on any atom is -0.0808 e. The van der Waals surface area contributed by atoms with Gasteiger partial charge in [0.2, 0.25) is 0 Å². The van der Waals surface area contributed by atoms with Crippen LogP contribution in [0, 0.1) is 10.8 Å².